The third kappa shape index (κ3) is 3.40. The summed E-state index contributed by atoms with van der Waals surface area (Å²) in [5.74, 6) is 0.119. The molecule has 0 amide bonds. The Hall–Kier alpha value is -1.79. The first-order chi connectivity index (χ1) is 9.47. The van der Waals surface area contributed by atoms with E-state index in [1.54, 1.807) is 24.3 Å². The van der Waals surface area contributed by atoms with Crippen molar-refractivity contribution < 1.29 is 10.0 Å². The highest BCUT2D eigenvalue weighted by Gasteiger charge is 2.12. The van der Waals surface area contributed by atoms with Crippen molar-refractivity contribution in [3.8, 4) is 5.75 Å². The predicted molar refractivity (Wildman–Crippen MR) is 81.2 cm³/mol. The zero-order valence-electron chi connectivity index (χ0n) is 10.1. The molecule has 0 aromatic heterocycles. The van der Waals surface area contributed by atoms with E-state index < -0.39 is 4.92 Å². The summed E-state index contributed by atoms with van der Waals surface area (Å²) in [6.07, 6.45) is 0. The summed E-state index contributed by atoms with van der Waals surface area (Å²) in [5, 5.41) is 24.0. The standard InChI is InChI=1S/C13H10BrClN2O3/c14-11-3-2-10(6-12(11)17(19)20)16-7-8-5-9(15)1-4-13(8)18/h1-6,16,18H,7H2. The molecule has 2 rings (SSSR count). The van der Waals surface area contributed by atoms with Crippen LogP contribution in [-0.2, 0) is 6.54 Å². The van der Waals surface area contributed by atoms with Gasteiger partial charge in [-0.2, -0.15) is 0 Å². The van der Waals surface area contributed by atoms with Crippen LogP contribution in [0.1, 0.15) is 5.56 Å². The van der Waals surface area contributed by atoms with E-state index in [0.717, 1.165) is 0 Å². The van der Waals surface area contributed by atoms with Gasteiger partial charge in [-0.25, -0.2) is 0 Å². The van der Waals surface area contributed by atoms with Gasteiger partial charge in [0.1, 0.15) is 5.75 Å². The van der Waals surface area contributed by atoms with Gasteiger partial charge in [0.05, 0.1) is 9.40 Å². The Morgan fingerprint density at radius 3 is 2.75 bits per heavy atom. The maximum Gasteiger partial charge on any atom is 0.285 e. The molecule has 7 heteroatoms. The number of nitrogens with zero attached hydrogens (tertiary/aromatic N) is 1. The van der Waals surface area contributed by atoms with E-state index in [4.69, 9.17) is 11.6 Å². The van der Waals surface area contributed by atoms with Gasteiger partial charge in [0.2, 0.25) is 0 Å². The highest BCUT2D eigenvalue weighted by molar-refractivity contribution is 9.10. The second-order valence-electron chi connectivity index (χ2n) is 4.05. The summed E-state index contributed by atoms with van der Waals surface area (Å²) < 4.78 is 0.415. The molecule has 0 saturated heterocycles. The molecule has 0 radical (unpaired) electrons. The smallest absolute Gasteiger partial charge is 0.285 e. The molecule has 0 fully saturated rings. The Labute approximate surface area is 128 Å². The molecule has 0 spiro atoms. The molecule has 20 heavy (non-hydrogen) atoms. The Bertz CT molecular complexity index is 664. The van der Waals surface area contributed by atoms with Crippen LogP contribution >= 0.6 is 27.5 Å². The lowest BCUT2D eigenvalue weighted by Gasteiger charge is -2.09. The fourth-order valence-electron chi connectivity index (χ4n) is 1.66. The molecule has 0 atom stereocenters. The third-order valence-corrected chi connectivity index (χ3v) is 3.57. The van der Waals surface area contributed by atoms with Crippen LogP contribution in [-0.4, -0.2) is 10.0 Å². The molecule has 104 valence electrons. The van der Waals surface area contributed by atoms with Gasteiger partial charge in [0.15, 0.2) is 0 Å². The molecular weight excluding hydrogens is 348 g/mol. The summed E-state index contributed by atoms with van der Waals surface area (Å²) in [4.78, 5) is 10.4. The number of halogens is 2. The molecule has 2 aromatic carbocycles. The van der Waals surface area contributed by atoms with Crippen molar-refractivity contribution in [3.63, 3.8) is 0 Å². The number of rotatable bonds is 4. The maximum absolute atomic E-state index is 10.8. The van der Waals surface area contributed by atoms with Crippen LogP contribution < -0.4 is 5.32 Å². The molecule has 0 bridgehead atoms. The average Bonchev–Trinajstić information content (AvgIpc) is 2.41. The molecule has 5 nitrogen and oxygen atoms in total. The van der Waals surface area contributed by atoms with E-state index in [9.17, 15) is 15.2 Å². The van der Waals surface area contributed by atoms with Gasteiger partial charge >= 0.3 is 0 Å². The second kappa shape index (κ2) is 6.11. The number of nitro benzene ring substituents is 1. The molecule has 0 heterocycles. The predicted octanol–water partition coefficient (Wildman–Crippen LogP) is 4.33. The quantitative estimate of drug-likeness (QED) is 0.631. The van der Waals surface area contributed by atoms with Crippen molar-refractivity contribution in [1.29, 1.82) is 0 Å². The number of aromatic hydroxyl groups is 1. The number of phenols is 1. The Morgan fingerprint density at radius 2 is 2.05 bits per heavy atom. The van der Waals surface area contributed by atoms with Crippen LogP contribution in [0.2, 0.25) is 5.02 Å². The molecule has 0 saturated carbocycles. The number of phenolic OH excluding ortho intramolecular Hbond substituents is 1. The van der Waals surface area contributed by atoms with Crippen LogP contribution in [0.25, 0.3) is 0 Å². The first-order valence-corrected chi connectivity index (χ1v) is 6.79. The van der Waals surface area contributed by atoms with Crippen LogP contribution in [0.4, 0.5) is 11.4 Å². The van der Waals surface area contributed by atoms with Crippen LogP contribution in [0, 0.1) is 10.1 Å². The fourth-order valence-corrected chi connectivity index (χ4v) is 2.24. The summed E-state index contributed by atoms with van der Waals surface area (Å²) in [7, 11) is 0. The highest BCUT2D eigenvalue weighted by atomic mass is 79.9. The van der Waals surface area contributed by atoms with Gasteiger partial charge in [-0.3, -0.25) is 10.1 Å². The molecule has 0 aliphatic carbocycles. The summed E-state index contributed by atoms with van der Waals surface area (Å²) in [6, 6.07) is 9.45. The minimum Gasteiger partial charge on any atom is -0.508 e. The van der Waals surface area contributed by atoms with Gasteiger partial charge in [-0.15, -0.1) is 0 Å². The van der Waals surface area contributed by atoms with E-state index in [-0.39, 0.29) is 11.4 Å². The lowest BCUT2D eigenvalue weighted by atomic mass is 10.2. The van der Waals surface area contributed by atoms with Crippen molar-refractivity contribution in [2.24, 2.45) is 0 Å². The number of anilines is 1. The van der Waals surface area contributed by atoms with Gasteiger partial charge in [0, 0.05) is 28.9 Å². The fraction of sp³-hybridized carbons (Fsp3) is 0.0769. The van der Waals surface area contributed by atoms with Crippen LogP contribution in [0.5, 0.6) is 5.75 Å². The first-order valence-electron chi connectivity index (χ1n) is 5.62. The number of hydrogen-bond acceptors (Lipinski definition) is 4. The SMILES string of the molecule is O=[N+]([O-])c1cc(NCc2cc(Cl)ccc2O)ccc1Br. The normalized spacial score (nSPS) is 10.3. The maximum atomic E-state index is 10.8. The summed E-state index contributed by atoms with van der Waals surface area (Å²) in [5.41, 5.74) is 1.17. The monoisotopic (exact) mass is 356 g/mol. The largest absolute Gasteiger partial charge is 0.508 e. The second-order valence-corrected chi connectivity index (χ2v) is 5.34. The molecule has 0 aliphatic heterocycles. The molecule has 2 aromatic rings. The van der Waals surface area contributed by atoms with Crippen molar-refractivity contribution in [2.75, 3.05) is 5.32 Å². The number of nitro groups is 1. The average molecular weight is 358 g/mol. The summed E-state index contributed by atoms with van der Waals surface area (Å²) in [6.45, 7) is 0.311. The number of benzene rings is 2. The van der Waals surface area contributed by atoms with E-state index >= 15 is 0 Å². The minimum atomic E-state index is -0.466. The highest BCUT2D eigenvalue weighted by Crippen LogP contribution is 2.29. The lowest BCUT2D eigenvalue weighted by molar-refractivity contribution is -0.385. The topological polar surface area (TPSA) is 75.4 Å². The van der Waals surface area contributed by atoms with Crippen LogP contribution in [0.3, 0.4) is 0 Å². The molecule has 0 aliphatic rings. The third-order valence-electron chi connectivity index (χ3n) is 2.67. The Kier molecular flexibility index (Phi) is 4.46. The molecule has 0 unspecified atom stereocenters. The van der Waals surface area contributed by atoms with E-state index in [0.29, 0.717) is 27.3 Å². The van der Waals surface area contributed by atoms with Crippen molar-refractivity contribution in [3.05, 3.63) is 61.6 Å². The van der Waals surface area contributed by atoms with Gasteiger partial charge < -0.3 is 10.4 Å². The van der Waals surface area contributed by atoms with Crippen molar-refractivity contribution >= 4 is 38.9 Å². The lowest BCUT2D eigenvalue weighted by Crippen LogP contribution is -2.00. The Balaban J connectivity index is 2.17. The van der Waals surface area contributed by atoms with E-state index in [1.807, 2.05) is 0 Å². The first kappa shape index (κ1) is 14.6. The van der Waals surface area contributed by atoms with Gasteiger partial charge in [0.25, 0.3) is 5.69 Å². The molecule has 2 N–H and O–H groups in total. The molecular formula is C13H10BrClN2O3. The van der Waals surface area contributed by atoms with E-state index in [2.05, 4.69) is 21.2 Å². The Morgan fingerprint density at radius 1 is 1.30 bits per heavy atom. The van der Waals surface area contributed by atoms with Crippen molar-refractivity contribution in [2.45, 2.75) is 6.54 Å². The van der Waals surface area contributed by atoms with Crippen molar-refractivity contribution in [1.82, 2.24) is 0 Å². The van der Waals surface area contributed by atoms with Gasteiger partial charge in [-0.05, 0) is 46.3 Å². The number of nitrogens with one attached hydrogen (secondary N) is 1. The van der Waals surface area contributed by atoms with E-state index in [1.165, 1.54) is 12.1 Å². The number of hydrogen-bond donors (Lipinski definition) is 2. The minimum absolute atomic E-state index is 0.0229. The zero-order chi connectivity index (χ0) is 14.7. The van der Waals surface area contributed by atoms with Crippen LogP contribution in [0.15, 0.2) is 40.9 Å². The zero-order valence-corrected chi connectivity index (χ0v) is 12.5. The summed E-state index contributed by atoms with van der Waals surface area (Å²) >= 11 is 8.97. The van der Waals surface area contributed by atoms with Gasteiger partial charge in [-0.1, -0.05) is 11.6 Å².